The molecule has 4 aromatic rings. The summed E-state index contributed by atoms with van der Waals surface area (Å²) in [5.41, 5.74) is 3.86. The zero-order valence-corrected chi connectivity index (χ0v) is 22.5. The summed E-state index contributed by atoms with van der Waals surface area (Å²) in [5, 5.41) is 6.30. The van der Waals surface area contributed by atoms with E-state index in [9.17, 15) is 4.79 Å². The Labute approximate surface area is 231 Å². The van der Waals surface area contributed by atoms with Gasteiger partial charge in [0, 0.05) is 52.8 Å². The minimum atomic E-state index is -3.71. The predicted octanol–water partition coefficient (Wildman–Crippen LogP) is 8.41. The minimum absolute atomic E-state index is 0.218. The molecule has 3 aliphatic heterocycles. The van der Waals surface area contributed by atoms with Crippen LogP contribution in [0.2, 0.25) is 0 Å². The normalized spacial score (nSPS) is 17.9. The quantitative estimate of drug-likeness (QED) is 0.195. The molecule has 0 saturated carbocycles. The smallest absolute Gasteiger partial charge is 0.588 e. The molecule has 0 radical (unpaired) electrons. The number of anilines is 1. The van der Waals surface area contributed by atoms with Crippen molar-refractivity contribution in [3.8, 4) is 28.4 Å². The van der Waals surface area contributed by atoms with E-state index in [0.717, 1.165) is 76.7 Å². The highest BCUT2D eigenvalue weighted by Crippen LogP contribution is 2.54. The fourth-order valence-corrected chi connectivity index (χ4v) is 5.82. The average molecular weight is 537 g/mol. The molecule has 0 aliphatic carbocycles. The van der Waals surface area contributed by atoms with Crippen LogP contribution in [0.3, 0.4) is 0 Å². The Kier molecular flexibility index (Phi) is 5.77. The highest BCUT2D eigenvalue weighted by Gasteiger charge is 2.61. The van der Waals surface area contributed by atoms with Gasteiger partial charge in [0.15, 0.2) is 11.4 Å². The number of rotatable bonds is 7. The first-order valence-electron chi connectivity index (χ1n) is 14.0. The molecular formula is C31H29BFN3O4. The SMILES string of the molecule is CCCCN(CCCC)c1ccc2c(c1)Oc1cccc3c4c(cc-2c13)O[B-]1(F)OC(=O)c2ccccc2[N+]1=N4. The van der Waals surface area contributed by atoms with Crippen molar-refractivity contribution < 1.29 is 27.8 Å². The van der Waals surface area contributed by atoms with E-state index >= 15 is 4.32 Å². The number of azo groups is 1. The van der Waals surface area contributed by atoms with E-state index in [1.54, 1.807) is 30.3 Å². The second-order valence-electron chi connectivity index (χ2n) is 10.5. The number of benzene rings is 4. The minimum Gasteiger partial charge on any atom is -0.588 e. The van der Waals surface area contributed by atoms with Crippen molar-refractivity contribution in [2.24, 2.45) is 5.11 Å². The summed E-state index contributed by atoms with van der Waals surface area (Å²) in [4.78, 5) is 15.0. The summed E-state index contributed by atoms with van der Waals surface area (Å²) in [7, 11) is 0. The maximum atomic E-state index is 16.2. The molecule has 1 unspecified atom stereocenters. The van der Waals surface area contributed by atoms with Crippen molar-refractivity contribution in [1.29, 1.82) is 0 Å². The van der Waals surface area contributed by atoms with Gasteiger partial charge in [-0.1, -0.05) is 51.0 Å². The van der Waals surface area contributed by atoms with E-state index in [2.05, 4.69) is 42.1 Å². The summed E-state index contributed by atoms with van der Waals surface area (Å²) < 4.78 is 34.8. The molecule has 1 atom stereocenters. The van der Waals surface area contributed by atoms with Crippen LogP contribution in [-0.2, 0) is 4.65 Å². The first-order chi connectivity index (χ1) is 19.5. The molecule has 0 fully saturated rings. The number of unbranched alkanes of at least 4 members (excludes halogenated alkanes) is 2. The summed E-state index contributed by atoms with van der Waals surface area (Å²) in [5.74, 6) is 0.884. The Balaban J connectivity index is 1.37. The predicted molar refractivity (Wildman–Crippen MR) is 153 cm³/mol. The van der Waals surface area contributed by atoms with Gasteiger partial charge in [-0.2, -0.15) is 4.61 Å². The number of para-hydroxylation sites is 1. The Morgan fingerprint density at radius 3 is 2.45 bits per heavy atom. The van der Waals surface area contributed by atoms with E-state index in [1.165, 1.54) is 0 Å². The van der Waals surface area contributed by atoms with Crippen LogP contribution in [0.4, 0.5) is 21.4 Å². The fourth-order valence-electron chi connectivity index (χ4n) is 5.82. The molecule has 0 amide bonds. The molecule has 0 aromatic heterocycles. The van der Waals surface area contributed by atoms with Gasteiger partial charge in [-0.25, -0.2) is 0 Å². The highest BCUT2D eigenvalue weighted by atomic mass is 19.1. The second kappa shape index (κ2) is 9.36. The maximum absolute atomic E-state index is 16.2. The van der Waals surface area contributed by atoms with Gasteiger partial charge in [0.05, 0.1) is 0 Å². The molecular weight excluding hydrogens is 508 g/mol. The number of hydrogen-bond donors (Lipinski definition) is 0. The molecule has 0 bridgehead atoms. The van der Waals surface area contributed by atoms with Crippen LogP contribution in [0.15, 0.2) is 71.8 Å². The van der Waals surface area contributed by atoms with Crippen molar-refractivity contribution in [2.45, 2.75) is 39.5 Å². The Morgan fingerprint density at radius 1 is 0.850 bits per heavy atom. The number of halogens is 1. The molecule has 0 spiro atoms. The van der Waals surface area contributed by atoms with Crippen molar-refractivity contribution in [3.05, 3.63) is 72.3 Å². The number of ether oxygens (including phenoxy) is 1. The Hall–Kier alpha value is -4.40. The van der Waals surface area contributed by atoms with Gasteiger partial charge in [0.2, 0.25) is 0 Å². The van der Waals surface area contributed by atoms with Crippen LogP contribution in [0.25, 0.3) is 21.9 Å². The van der Waals surface area contributed by atoms with E-state index < -0.39 is 12.9 Å². The lowest BCUT2D eigenvalue weighted by atomic mass is 9.90. The third-order valence-corrected chi connectivity index (χ3v) is 7.86. The third kappa shape index (κ3) is 3.75. The monoisotopic (exact) mass is 537 g/mol. The van der Waals surface area contributed by atoms with Gasteiger partial charge in [-0.15, -0.1) is 0 Å². The topological polar surface area (TPSA) is 63.4 Å². The lowest BCUT2D eigenvalue weighted by molar-refractivity contribution is -0.430. The Morgan fingerprint density at radius 2 is 1.65 bits per heavy atom. The van der Waals surface area contributed by atoms with E-state index in [0.29, 0.717) is 17.1 Å². The number of hydrogen-bond acceptors (Lipinski definition) is 6. The maximum Gasteiger partial charge on any atom is 0.883 e. The van der Waals surface area contributed by atoms with Crippen molar-refractivity contribution in [1.82, 2.24) is 0 Å². The molecule has 3 heterocycles. The lowest BCUT2D eigenvalue weighted by Crippen LogP contribution is -2.55. The number of fused-ring (bicyclic) bond motifs is 7. The molecule has 202 valence electrons. The van der Waals surface area contributed by atoms with Crippen LogP contribution in [-0.4, -0.2) is 30.6 Å². The zero-order valence-electron chi connectivity index (χ0n) is 22.5. The van der Waals surface area contributed by atoms with E-state index in [-0.39, 0.29) is 11.3 Å². The van der Waals surface area contributed by atoms with E-state index in [1.807, 2.05) is 18.2 Å². The third-order valence-electron chi connectivity index (χ3n) is 7.86. The van der Waals surface area contributed by atoms with Gasteiger partial charge < -0.3 is 23.3 Å². The second-order valence-corrected chi connectivity index (χ2v) is 10.5. The molecule has 3 aliphatic rings. The van der Waals surface area contributed by atoms with Crippen LogP contribution in [0.1, 0.15) is 49.9 Å². The van der Waals surface area contributed by atoms with Gasteiger partial charge in [-0.05, 0) is 48.3 Å². The molecule has 40 heavy (non-hydrogen) atoms. The van der Waals surface area contributed by atoms with Crippen molar-refractivity contribution >= 4 is 40.8 Å². The first kappa shape index (κ1) is 24.6. The molecule has 0 N–H and O–H groups in total. The molecule has 0 saturated heterocycles. The van der Waals surface area contributed by atoms with Crippen LogP contribution in [0, 0.1) is 0 Å². The molecule has 9 heteroatoms. The van der Waals surface area contributed by atoms with Crippen LogP contribution >= 0.6 is 0 Å². The fraction of sp³-hybridized carbons (Fsp3) is 0.258. The summed E-state index contributed by atoms with van der Waals surface area (Å²) in [6, 6.07) is 20.5. The zero-order chi connectivity index (χ0) is 27.4. The first-order valence-corrected chi connectivity index (χ1v) is 14.0. The molecule has 7 nitrogen and oxygen atoms in total. The van der Waals surface area contributed by atoms with Gasteiger partial charge in [-0.3, -0.25) is 4.79 Å². The molecule has 7 rings (SSSR count). The van der Waals surface area contributed by atoms with E-state index in [4.69, 9.17) is 14.0 Å². The lowest BCUT2D eigenvalue weighted by Gasteiger charge is -2.35. The van der Waals surface area contributed by atoms with Gasteiger partial charge >= 0.3 is 12.9 Å². The van der Waals surface area contributed by atoms with Crippen LogP contribution in [0.5, 0.6) is 17.2 Å². The standard InChI is InChI=1S/C31H29BFN3O4/c1-3-5-16-35(17-6-4-2)20-14-15-21-24-19-28-30(23-11-9-13-26(29(23)24)38-27(21)18-20)34-36-25-12-8-7-10-22(25)31(37)40-32(36,33)39-28/h7-15,18-19H,3-6,16-17H2,1-2H3. The summed E-state index contributed by atoms with van der Waals surface area (Å²) >= 11 is 0. The van der Waals surface area contributed by atoms with Gasteiger partial charge in [0.25, 0.3) is 0 Å². The van der Waals surface area contributed by atoms with Crippen molar-refractivity contribution in [2.75, 3.05) is 18.0 Å². The Bertz CT molecular complexity index is 1720. The largest absolute Gasteiger partial charge is 0.883 e. The number of nitrogens with zero attached hydrogens (tertiary/aromatic N) is 3. The van der Waals surface area contributed by atoms with Gasteiger partial charge in [0.1, 0.15) is 22.8 Å². The number of carbonyl (C=O) groups excluding carboxylic acids is 1. The van der Waals surface area contributed by atoms with Crippen molar-refractivity contribution in [3.63, 3.8) is 0 Å². The summed E-state index contributed by atoms with van der Waals surface area (Å²) in [6.45, 7) is 2.68. The van der Waals surface area contributed by atoms with Crippen LogP contribution < -0.4 is 14.3 Å². The molecule has 4 aromatic carbocycles. The average Bonchev–Trinajstić information content (AvgIpc) is 2.96. The number of carbonyl (C=O) groups is 1. The highest BCUT2D eigenvalue weighted by molar-refractivity contribution is 6.56. The summed E-state index contributed by atoms with van der Waals surface area (Å²) in [6.07, 6.45) is 4.50.